The molecule has 160 valence electrons. The number of carbonyl (C=O) groups is 1. The third-order valence-corrected chi connectivity index (χ3v) is 8.95. The van der Waals surface area contributed by atoms with Gasteiger partial charge in [-0.1, -0.05) is 103 Å². The number of rotatable bonds is 6. The quantitative estimate of drug-likeness (QED) is 0.259. The highest BCUT2D eigenvalue weighted by Crippen LogP contribution is 2.46. The molecule has 0 aromatic heterocycles. The van der Waals surface area contributed by atoms with Gasteiger partial charge in [-0.05, 0) is 37.5 Å². The van der Waals surface area contributed by atoms with Crippen LogP contribution in [0.15, 0.2) is 97.1 Å². The summed E-state index contributed by atoms with van der Waals surface area (Å²) in [5.41, 5.74) is 5.51. The van der Waals surface area contributed by atoms with E-state index in [1.54, 1.807) is 0 Å². The summed E-state index contributed by atoms with van der Waals surface area (Å²) in [7, 11) is -2.90. The van der Waals surface area contributed by atoms with E-state index in [-0.39, 0.29) is 5.78 Å². The van der Waals surface area contributed by atoms with Crippen LogP contribution in [0.1, 0.15) is 38.2 Å². The highest BCUT2D eigenvalue weighted by molar-refractivity contribution is 7.78. The first-order chi connectivity index (χ1) is 15.4. The van der Waals surface area contributed by atoms with E-state index >= 15 is 0 Å². The average molecular weight is 439 g/mol. The van der Waals surface area contributed by atoms with Crippen LogP contribution in [0.5, 0.6) is 0 Å². The zero-order chi connectivity index (χ0) is 22.7. The number of carbonyl (C=O) groups excluding carboxylic acids is 1. The largest absolute Gasteiger partial charge is 0.313 e. The van der Waals surface area contributed by atoms with E-state index in [2.05, 4.69) is 0 Å². The Labute approximate surface area is 190 Å². The monoisotopic (exact) mass is 438 g/mol. The fourth-order valence-electron chi connectivity index (χ4n) is 4.38. The maximum Gasteiger partial charge on any atom is 0.193 e. The van der Waals surface area contributed by atoms with Crippen LogP contribution in [0.4, 0.5) is 0 Å². The van der Waals surface area contributed by atoms with E-state index in [9.17, 15) is 9.36 Å². The van der Waals surface area contributed by atoms with Crippen LogP contribution in [0.3, 0.4) is 0 Å². The third kappa shape index (κ3) is 4.38. The molecule has 0 saturated carbocycles. The molecule has 1 unspecified atom stereocenters. The maximum absolute atomic E-state index is 14.4. The van der Waals surface area contributed by atoms with Crippen LogP contribution in [0.2, 0.25) is 0 Å². The maximum atomic E-state index is 14.4. The molecular formula is C29H27O2P. The molecule has 0 aliphatic carbocycles. The van der Waals surface area contributed by atoms with Gasteiger partial charge in [-0.3, -0.25) is 4.79 Å². The van der Waals surface area contributed by atoms with Crippen molar-refractivity contribution in [1.29, 1.82) is 0 Å². The fourth-order valence-corrected chi connectivity index (χ4v) is 7.05. The summed E-state index contributed by atoms with van der Waals surface area (Å²) in [5.74, 6) is 0.00385. The molecule has 2 nitrogen and oxygen atoms in total. The van der Waals surface area contributed by atoms with Crippen molar-refractivity contribution in [2.75, 3.05) is 0 Å². The number of benzene rings is 4. The van der Waals surface area contributed by atoms with Gasteiger partial charge in [-0.25, -0.2) is 0 Å². The van der Waals surface area contributed by atoms with Crippen molar-refractivity contribution in [2.45, 2.75) is 26.9 Å². The first-order valence-electron chi connectivity index (χ1n) is 10.8. The summed E-state index contributed by atoms with van der Waals surface area (Å²) in [4.78, 5) is 13.3. The van der Waals surface area contributed by atoms with Gasteiger partial charge in [0.05, 0.1) is 0 Å². The lowest BCUT2D eigenvalue weighted by atomic mass is 9.93. The zero-order valence-corrected chi connectivity index (χ0v) is 19.6. The van der Waals surface area contributed by atoms with Crippen molar-refractivity contribution < 1.29 is 9.36 Å². The summed E-state index contributed by atoms with van der Waals surface area (Å²) in [6.07, 6.45) is 0.446. The molecular weight excluding hydrogens is 411 g/mol. The number of hydrogen-bond donors (Lipinski definition) is 0. The van der Waals surface area contributed by atoms with E-state index in [1.807, 2.05) is 118 Å². The van der Waals surface area contributed by atoms with Crippen molar-refractivity contribution in [3.05, 3.63) is 130 Å². The van der Waals surface area contributed by atoms with Crippen LogP contribution < -0.4 is 10.6 Å². The minimum absolute atomic E-state index is 0.00385. The fraction of sp³-hybridized carbons (Fsp3) is 0.138. The predicted octanol–water partition coefficient (Wildman–Crippen LogP) is 6.36. The van der Waals surface area contributed by atoms with Gasteiger partial charge in [-0.2, -0.15) is 0 Å². The molecule has 0 bridgehead atoms. The van der Waals surface area contributed by atoms with Gasteiger partial charge in [0.25, 0.3) is 0 Å². The Hall–Kier alpha value is -3.22. The van der Waals surface area contributed by atoms with Crippen LogP contribution in [-0.4, -0.2) is 5.78 Å². The first-order valence-corrected chi connectivity index (χ1v) is 12.7. The van der Waals surface area contributed by atoms with Gasteiger partial charge in [0.15, 0.2) is 5.78 Å². The molecule has 0 spiro atoms. The minimum atomic E-state index is -2.90. The Balaban J connectivity index is 1.73. The highest BCUT2D eigenvalue weighted by atomic mass is 31.2. The lowest BCUT2D eigenvalue weighted by molar-refractivity contribution is 0.103. The molecule has 0 aliphatic rings. The molecule has 32 heavy (non-hydrogen) atoms. The molecule has 0 aliphatic heterocycles. The smallest absolute Gasteiger partial charge is 0.193 e. The summed E-state index contributed by atoms with van der Waals surface area (Å²) >= 11 is 0. The van der Waals surface area contributed by atoms with E-state index < -0.39 is 7.14 Å². The molecule has 3 heteroatoms. The lowest BCUT2D eigenvalue weighted by Gasteiger charge is -2.20. The second-order valence-electron chi connectivity index (χ2n) is 8.37. The molecule has 0 fully saturated rings. The van der Waals surface area contributed by atoms with Crippen LogP contribution in [-0.2, 0) is 10.7 Å². The van der Waals surface area contributed by atoms with Crippen LogP contribution in [0.25, 0.3) is 0 Å². The highest BCUT2D eigenvalue weighted by Gasteiger charge is 2.28. The van der Waals surface area contributed by atoms with Crippen LogP contribution >= 0.6 is 7.14 Å². The van der Waals surface area contributed by atoms with Gasteiger partial charge < -0.3 is 4.57 Å². The van der Waals surface area contributed by atoms with Gasteiger partial charge in [0.2, 0.25) is 0 Å². The van der Waals surface area contributed by atoms with Gasteiger partial charge in [0, 0.05) is 27.9 Å². The van der Waals surface area contributed by atoms with Crippen molar-refractivity contribution in [3.8, 4) is 0 Å². The van der Waals surface area contributed by atoms with Crippen molar-refractivity contribution in [2.24, 2.45) is 0 Å². The van der Waals surface area contributed by atoms with Crippen molar-refractivity contribution in [1.82, 2.24) is 0 Å². The molecule has 0 saturated heterocycles. The number of aryl methyl sites for hydroxylation is 3. The molecule has 0 heterocycles. The third-order valence-electron chi connectivity index (χ3n) is 5.87. The molecule has 4 aromatic rings. The lowest BCUT2D eigenvalue weighted by Crippen LogP contribution is -2.18. The summed E-state index contributed by atoms with van der Waals surface area (Å²) in [6.45, 7) is 5.99. The zero-order valence-electron chi connectivity index (χ0n) is 18.7. The Morgan fingerprint density at radius 1 is 0.688 bits per heavy atom. The average Bonchev–Trinajstić information content (AvgIpc) is 2.79. The van der Waals surface area contributed by atoms with E-state index in [0.717, 1.165) is 38.4 Å². The second kappa shape index (κ2) is 9.10. The molecule has 0 amide bonds. The van der Waals surface area contributed by atoms with Crippen molar-refractivity contribution >= 4 is 23.5 Å². The van der Waals surface area contributed by atoms with Gasteiger partial charge in [-0.15, -0.1) is 0 Å². The standard InChI is InChI=1S/C29H27O2P/c1-21-18-22(2)28(23(3)19-21)29(30)25-14-16-27(17-15-25)32(31,26-12-8-5-9-13-26)20-24-10-6-4-7-11-24/h4-19H,20H2,1-3H3. The van der Waals surface area contributed by atoms with Crippen molar-refractivity contribution in [3.63, 3.8) is 0 Å². The Kier molecular flexibility index (Phi) is 6.26. The molecule has 1 atom stereocenters. The predicted molar refractivity (Wildman–Crippen MR) is 134 cm³/mol. The summed E-state index contributed by atoms with van der Waals surface area (Å²) < 4.78 is 14.4. The first kappa shape index (κ1) is 22.0. The Bertz CT molecular complexity index is 1270. The van der Waals surface area contributed by atoms with E-state index in [1.165, 1.54) is 0 Å². The Morgan fingerprint density at radius 3 is 1.75 bits per heavy atom. The van der Waals surface area contributed by atoms with Crippen LogP contribution in [0, 0.1) is 20.8 Å². The van der Waals surface area contributed by atoms with E-state index in [0.29, 0.717) is 11.7 Å². The molecule has 0 N–H and O–H groups in total. The van der Waals surface area contributed by atoms with Gasteiger partial charge >= 0.3 is 0 Å². The van der Waals surface area contributed by atoms with E-state index in [4.69, 9.17) is 0 Å². The SMILES string of the molecule is Cc1cc(C)c(C(=O)c2ccc(P(=O)(Cc3ccccc3)c3ccccc3)cc2)c(C)c1. The summed E-state index contributed by atoms with van der Waals surface area (Å²) in [5, 5.41) is 1.59. The minimum Gasteiger partial charge on any atom is -0.313 e. The topological polar surface area (TPSA) is 34.1 Å². The normalized spacial score (nSPS) is 12.8. The Morgan fingerprint density at radius 2 is 1.19 bits per heavy atom. The molecule has 4 aromatic carbocycles. The van der Waals surface area contributed by atoms with Gasteiger partial charge in [0.1, 0.15) is 7.14 Å². The molecule has 0 radical (unpaired) electrons. The second-order valence-corrected chi connectivity index (χ2v) is 11.2. The number of hydrogen-bond acceptors (Lipinski definition) is 2. The molecule has 4 rings (SSSR count). The number of ketones is 1. The summed E-state index contributed by atoms with van der Waals surface area (Å²) in [6, 6.07) is 31.0.